The van der Waals surface area contributed by atoms with E-state index in [1.165, 1.54) is 25.3 Å². The van der Waals surface area contributed by atoms with Crippen molar-refractivity contribution in [2.24, 2.45) is 0 Å². The van der Waals surface area contributed by atoms with Gasteiger partial charge >= 0.3 is 17.9 Å². The van der Waals surface area contributed by atoms with Crippen molar-refractivity contribution < 1.29 is 38.4 Å². The van der Waals surface area contributed by atoms with E-state index in [1.54, 1.807) is 6.92 Å². The predicted molar refractivity (Wildman–Crippen MR) is 109 cm³/mol. The summed E-state index contributed by atoms with van der Waals surface area (Å²) in [6.07, 6.45) is 0.0609. The number of rotatable bonds is 13. The molecule has 1 aromatic carbocycles. The van der Waals surface area contributed by atoms with Crippen LogP contribution in [0.4, 0.5) is 0 Å². The third-order valence-corrected chi connectivity index (χ3v) is 4.21. The van der Waals surface area contributed by atoms with E-state index in [0.717, 1.165) is 6.42 Å². The average Bonchev–Trinajstić information content (AvgIpc) is 2.71. The van der Waals surface area contributed by atoms with Crippen LogP contribution in [0.5, 0.6) is 11.5 Å². The minimum atomic E-state index is -1.48. The van der Waals surface area contributed by atoms with Gasteiger partial charge in [0.05, 0.1) is 13.7 Å². The fraction of sp³-hybridized carbons (Fsp3) is 0.591. The molecule has 0 saturated heterocycles. The van der Waals surface area contributed by atoms with E-state index in [9.17, 15) is 19.5 Å². The first-order valence-electron chi connectivity index (χ1n) is 10.3. The number of benzene rings is 1. The average molecular weight is 424 g/mol. The van der Waals surface area contributed by atoms with Gasteiger partial charge in [0.15, 0.2) is 17.6 Å². The van der Waals surface area contributed by atoms with Gasteiger partial charge in [-0.1, -0.05) is 33.3 Å². The summed E-state index contributed by atoms with van der Waals surface area (Å²) in [6, 6.07) is 4.25. The molecular weight excluding hydrogens is 392 g/mol. The molecule has 0 heterocycles. The maximum absolute atomic E-state index is 12.8. The standard InChI is InChI=1S/C22H32O8/c1-5-8-13-28-22(26)21(30-19(25)10-7-3)20(29-18(24)9-6-2)15-11-12-16(23)17(14-15)27-4/h11-12,14,20-21,23H,5-10,13H2,1-4H3/t20-,21+/m1/s1. The van der Waals surface area contributed by atoms with Crippen LogP contribution < -0.4 is 4.74 Å². The second-order valence-electron chi connectivity index (χ2n) is 6.77. The Kier molecular flexibility index (Phi) is 11.3. The number of unbranched alkanes of at least 4 members (excludes halogenated alkanes) is 1. The second kappa shape index (κ2) is 13.5. The van der Waals surface area contributed by atoms with Crippen molar-refractivity contribution in [1.82, 2.24) is 0 Å². The van der Waals surface area contributed by atoms with E-state index in [0.29, 0.717) is 24.8 Å². The second-order valence-corrected chi connectivity index (χ2v) is 6.77. The number of ether oxygens (including phenoxy) is 4. The third kappa shape index (κ3) is 7.93. The molecule has 2 atom stereocenters. The lowest BCUT2D eigenvalue weighted by molar-refractivity contribution is -0.183. The zero-order valence-electron chi connectivity index (χ0n) is 18.1. The normalized spacial score (nSPS) is 12.5. The van der Waals surface area contributed by atoms with Crippen LogP contribution in [0.25, 0.3) is 0 Å². The number of esters is 3. The van der Waals surface area contributed by atoms with Crippen LogP contribution in [0.3, 0.4) is 0 Å². The molecule has 0 aromatic heterocycles. The largest absolute Gasteiger partial charge is 0.504 e. The Balaban J connectivity index is 3.31. The fourth-order valence-corrected chi connectivity index (χ4v) is 2.62. The molecule has 0 amide bonds. The Hall–Kier alpha value is -2.77. The van der Waals surface area contributed by atoms with Crippen LogP contribution in [0.15, 0.2) is 18.2 Å². The number of phenolic OH excluding ortho intramolecular Hbond substituents is 1. The molecule has 8 nitrogen and oxygen atoms in total. The monoisotopic (exact) mass is 424 g/mol. The Morgan fingerprint density at radius 3 is 2.17 bits per heavy atom. The number of carbonyl (C=O) groups is 3. The van der Waals surface area contributed by atoms with Crippen molar-refractivity contribution >= 4 is 17.9 Å². The highest BCUT2D eigenvalue weighted by atomic mass is 16.6. The Morgan fingerprint density at radius 1 is 0.967 bits per heavy atom. The van der Waals surface area contributed by atoms with Crippen molar-refractivity contribution in [3.8, 4) is 11.5 Å². The number of phenols is 1. The summed E-state index contributed by atoms with van der Waals surface area (Å²) in [5, 5.41) is 9.88. The van der Waals surface area contributed by atoms with Crippen molar-refractivity contribution in [3.05, 3.63) is 23.8 Å². The first-order chi connectivity index (χ1) is 14.4. The van der Waals surface area contributed by atoms with Crippen LogP contribution >= 0.6 is 0 Å². The van der Waals surface area contributed by atoms with Gasteiger partial charge < -0.3 is 24.1 Å². The van der Waals surface area contributed by atoms with Gasteiger partial charge in [-0.2, -0.15) is 0 Å². The highest BCUT2D eigenvalue weighted by Gasteiger charge is 2.38. The molecule has 8 heteroatoms. The van der Waals surface area contributed by atoms with Crippen LogP contribution in [0, 0.1) is 0 Å². The molecule has 0 aliphatic rings. The van der Waals surface area contributed by atoms with Gasteiger partial charge in [-0.05, 0) is 31.4 Å². The van der Waals surface area contributed by atoms with Crippen LogP contribution in [0.2, 0.25) is 0 Å². The molecule has 0 spiro atoms. The number of aromatic hydroxyl groups is 1. The van der Waals surface area contributed by atoms with Gasteiger partial charge in [0.25, 0.3) is 0 Å². The van der Waals surface area contributed by atoms with E-state index in [4.69, 9.17) is 18.9 Å². The molecule has 0 bridgehead atoms. The minimum Gasteiger partial charge on any atom is -0.504 e. The molecule has 1 N–H and O–H groups in total. The highest BCUT2D eigenvalue weighted by Crippen LogP contribution is 2.33. The van der Waals surface area contributed by atoms with E-state index >= 15 is 0 Å². The van der Waals surface area contributed by atoms with Crippen molar-refractivity contribution in [3.63, 3.8) is 0 Å². The maximum Gasteiger partial charge on any atom is 0.351 e. The summed E-state index contributed by atoms with van der Waals surface area (Å²) in [7, 11) is 1.37. The quantitative estimate of drug-likeness (QED) is 0.289. The smallest absolute Gasteiger partial charge is 0.351 e. The lowest BCUT2D eigenvalue weighted by atomic mass is 10.0. The lowest BCUT2D eigenvalue weighted by Gasteiger charge is -2.26. The molecule has 0 aliphatic heterocycles. The zero-order chi connectivity index (χ0) is 22.5. The Labute approximate surface area is 177 Å². The molecule has 1 rings (SSSR count). The molecule has 168 valence electrons. The zero-order valence-corrected chi connectivity index (χ0v) is 18.1. The molecule has 0 saturated carbocycles. The van der Waals surface area contributed by atoms with Crippen molar-refractivity contribution in [1.29, 1.82) is 0 Å². The van der Waals surface area contributed by atoms with E-state index in [1.807, 2.05) is 13.8 Å². The minimum absolute atomic E-state index is 0.104. The fourth-order valence-electron chi connectivity index (χ4n) is 2.62. The van der Waals surface area contributed by atoms with Gasteiger partial charge in [0.2, 0.25) is 6.10 Å². The third-order valence-electron chi connectivity index (χ3n) is 4.21. The molecular formula is C22H32O8. The summed E-state index contributed by atoms with van der Waals surface area (Å²) in [6.45, 7) is 5.73. The molecule has 0 fully saturated rings. The van der Waals surface area contributed by atoms with Crippen LogP contribution in [0.1, 0.15) is 71.0 Å². The van der Waals surface area contributed by atoms with Crippen LogP contribution in [-0.4, -0.2) is 42.8 Å². The lowest BCUT2D eigenvalue weighted by Crippen LogP contribution is -2.37. The topological polar surface area (TPSA) is 108 Å². The summed E-state index contributed by atoms with van der Waals surface area (Å²) in [5.74, 6) is -1.94. The van der Waals surface area contributed by atoms with Gasteiger partial charge in [-0.3, -0.25) is 9.59 Å². The molecule has 1 aromatic rings. The predicted octanol–water partition coefficient (Wildman–Crippen LogP) is 3.84. The first kappa shape index (κ1) is 25.3. The SMILES string of the molecule is CCCCOC(=O)[C@@H](OC(=O)CCC)[C@H](OC(=O)CCC)c1ccc(O)c(OC)c1. The summed E-state index contributed by atoms with van der Waals surface area (Å²) in [5.41, 5.74) is 0.329. The van der Waals surface area contributed by atoms with Gasteiger partial charge in [-0.25, -0.2) is 4.79 Å². The molecule has 0 radical (unpaired) electrons. The van der Waals surface area contributed by atoms with Gasteiger partial charge in [0, 0.05) is 18.4 Å². The number of methoxy groups -OCH3 is 1. The highest BCUT2D eigenvalue weighted by molar-refractivity contribution is 5.81. The summed E-state index contributed by atoms with van der Waals surface area (Å²) < 4.78 is 21.3. The summed E-state index contributed by atoms with van der Waals surface area (Å²) >= 11 is 0. The van der Waals surface area contributed by atoms with E-state index < -0.39 is 30.1 Å². The number of hydrogen-bond acceptors (Lipinski definition) is 8. The van der Waals surface area contributed by atoms with Crippen molar-refractivity contribution in [2.45, 2.75) is 71.5 Å². The van der Waals surface area contributed by atoms with Gasteiger partial charge in [0.1, 0.15) is 0 Å². The first-order valence-corrected chi connectivity index (χ1v) is 10.3. The molecule has 30 heavy (non-hydrogen) atoms. The van der Waals surface area contributed by atoms with Crippen LogP contribution in [-0.2, 0) is 28.6 Å². The molecule has 0 aliphatic carbocycles. The molecule has 0 unspecified atom stereocenters. The maximum atomic E-state index is 12.8. The number of hydrogen-bond donors (Lipinski definition) is 1. The number of carbonyl (C=O) groups excluding carboxylic acids is 3. The van der Waals surface area contributed by atoms with Gasteiger partial charge in [-0.15, -0.1) is 0 Å². The Bertz CT molecular complexity index is 700. The summed E-state index contributed by atoms with van der Waals surface area (Å²) in [4.78, 5) is 37.2. The Morgan fingerprint density at radius 2 is 1.60 bits per heavy atom. The van der Waals surface area contributed by atoms with E-state index in [2.05, 4.69) is 0 Å². The van der Waals surface area contributed by atoms with Crippen molar-refractivity contribution in [2.75, 3.05) is 13.7 Å². The van der Waals surface area contributed by atoms with E-state index in [-0.39, 0.29) is 30.9 Å².